The third kappa shape index (κ3) is 2.89. The van der Waals surface area contributed by atoms with Crippen LogP contribution in [0.25, 0.3) is 11.0 Å². The highest BCUT2D eigenvalue weighted by Gasteiger charge is 2.26. The Morgan fingerprint density at radius 3 is 2.50 bits per heavy atom. The molecule has 148 valence electrons. The Morgan fingerprint density at radius 2 is 1.86 bits per heavy atom. The zero-order chi connectivity index (χ0) is 19.8. The number of ether oxygens (including phenoxy) is 3. The van der Waals surface area contributed by atoms with E-state index >= 15 is 0 Å². The Hall–Kier alpha value is -3.03. The minimum Gasteiger partial charge on any atom is -0.493 e. The first-order valence-electron chi connectivity index (χ1n) is 9.28. The lowest BCUT2D eigenvalue weighted by Gasteiger charge is -2.26. The van der Waals surface area contributed by atoms with E-state index in [1.54, 1.807) is 36.8 Å². The van der Waals surface area contributed by atoms with Crippen LogP contribution in [-0.4, -0.2) is 40.7 Å². The summed E-state index contributed by atoms with van der Waals surface area (Å²) in [5.74, 6) is 2.77. The molecule has 3 heterocycles. The molecule has 1 unspecified atom stereocenters. The molecule has 0 bridgehead atoms. The summed E-state index contributed by atoms with van der Waals surface area (Å²) in [7, 11) is 6.62. The predicted octanol–water partition coefficient (Wildman–Crippen LogP) is 2.28. The van der Waals surface area contributed by atoms with E-state index in [0.29, 0.717) is 34.8 Å². The third-order valence-corrected chi connectivity index (χ3v) is 5.39. The summed E-state index contributed by atoms with van der Waals surface area (Å²) in [5.41, 5.74) is 1.67. The molecular formula is C20H24N4O4. The van der Waals surface area contributed by atoms with Gasteiger partial charge < -0.3 is 14.2 Å². The molecule has 8 heteroatoms. The van der Waals surface area contributed by atoms with Crippen LogP contribution in [-0.2, 0) is 20.0 Å². The maximum atomic E-state index is 12.9. The number of rotatable bonds is 5. The molecule has 0 amide bonds. The lowest BCUT2D eigenvalue weighted by atomic mass is 9.91. The van der Waals surface area contributed by atoms with Crippen molar-refractivity contribution >= 4 is 11.0 Å². The smallest absolute Gasteiger partial charge is 0.264 e. The molecule has 0 saturated heterocycles. The van der Waals surface area contributed by atoms with E-state index in [-0.39, 0.29) is 11.5 Å². The molecule has 4 rings (SSSR count). The number of hydrogen-bond acceptors (Lipinski definition) is 6. The summed E-state index contributed by atoms with van der Waals surface area (Å²) in [6, 6.07) is 3.92. The zero-order valence-corrected chi connectivity index (χ0v) is 16.6. The molecule has 8 nitrogen and oxygen atoms in total. The zero-order valence-electron chi connectivity index (χ0n) is 16.6. The van der Waals surface area contributed by atoms with Gasteiger partial charge in [0.15, 0.2) is 17.1 Å². The number of hydrogen-bond donors (Lipinski definition) is 0. The van der Waals surface area contributed by atoms with Gasteiger partial charge in [0.1, 0.15) is 11.2 Å². The van der Waals surface area contributed by atoms with E-state index in [1.807, 2.05) is 19.2 Å². The summed E-state index contributed by atoms with van der Waals surface area (Å²) in [6.07, 6.45) is 4.23. The fourth-order valence-corrected chi connectivity index (χ4v) is 4.02. The lowest BCUT2D eigenvalue weighted by Crippen LogP contribution is -2.31. The monoisotopic (exact) mass is 384 g/mol. The molecule has 0 spiro atoms. The maximum Gasteiger partial charge on any atom is 0.264 e. The van der Waals surface area contributed by atoms with Gasteiger partial charge in [0.05, 0.1) is 27.5 Å². The highest BCUT2D eigenvalue weighted by atomic mass is 16.5. The van der Waals surface area contributed by atoms with Crippen LogP contribution in [0.3, 0.4) is 0 Å². The van der Waals surface area contributed by atoms with Crippen LogP contribution in [0.1, 0.15) is 30.1 Å². The molecule has 0 saturated carbocycles. The Bertz CT molecular complexity index is 1060. The van der Waals surface area contributed by atoms with Crippen molar-refractivity contribution in [3.63, 3.8) is 0 Å². The van der Waals surface area contributed by atoms with E-state index < -0.39 is 0 Å². The second-order valence-corrected chi connectivity index (χ2v) is 7.01. The third-order valence-electron chi connectivity index (χ3n) is 5.39. The van der Waals surface area contributed by atoms with Crippen LogP contribution in [0.5, 0.6) is 17.2 Å². The van der Waals surface area contributed by atoms with Gasteiger partial charge in [-0.3, -0.25) is 14.0 Å². The number of methoxy groups -OCH3 is 3. The first kappa shape index (κ1) is 18.3. The van der Waals surface area contributed by atoms with E-state index in [1.165, 1.54) is 0 Å². The van der Waals surface area contributed by atoms with Gasteiger partial charge in [-0.05, 0) is 37.0 Å². The number of aryl methyl sites for hydroxylation is 1. The molecule has 28 heavy (non-hydrogen) atoms. The summed E-state index contributed by atoms with van der Waals surface area (Å²) in [6.45, 7) is 0.692. The number of aromatic nitrogens is 4. The van der Waals surface area contributed by atoms with Gasteiger partial charge in [0.2, 0.25) is 5.75 Å². The van der Waals surface area contributed by atoms with Gasteiger partial charge in [-0.25, -0.2) is 4.98 Å². The topological polar surface area (TPSA) is 80.4 Å². The molecular weight excluding hydrogens is 360 g/mol. The van der Waals surface area contributed by atoms with Crippen LogP contribution in [0.15, 0.2) is 23.1 Å². The number of fused-ring (bicyclic) bond motifs is 2. The summed E-state index contributed by atoms with van der Waals surface area (Å²) < 4.78 is 19.8. The van der Waals surface area contributed by atoms with Crippen molar-refractivity contribution in [2.45, 2.75) is 31.7 Å². The van der Waals surface area contributed by atoms with Gasteiger partial charge >= 0.3 is 0 Å². The van der Waals surface area contributed by atoms with Gasteiger partial charge in [-0.1, -0.05) is 0 Å². The van der Waals surface area contributed by atoms with E-state index in [0.717, 1.165) is 30.7 Å². The summed E-state index contributed by atoms with van der Waals surface area (Å²) >= 11 is 0. The van der Waals surface area contributed by atoms with Crippen molar-refractivity contribution in [2.24, 2.45) is 7.05 Å². The molecule has 1 aliphatic rings. The molecule has 0 aliphatic carbocycles. The van der Waals surface area contributed by atoms with Crippen LogP contribution in [0.4, 0.5) is 0 Å². The lowest BCUT2D eigenvalue weighted by molar-refractivity contribution is 0.323. The largest absolute Gasteiger partial charge is 0.493 e. The first-order chi connectivity index (χ1) is 13.6. The fraction of sp³-hybridized carbons (Fsp3) is 0.450. The highest BCUT2D eigenvalue weighted by molar-refractivity contribution is 5.73. The minimum absolute atomic E-state index is 0.0114. The average molecular weight is 384 g/mol. The molecule has 0 N–H and O–H groups in total. The van der Waals surface area contributed by atoms with E-state index in [2.05, 4.69) is 5.10 Å². The Kier molecular flexibility index (Phi) is 4.70. The molecule has 2 aromatic heterocycles. The van der Waals surface area contributed by atoms with Gasteiger partial charge in [-0.15, -0.1) is 0 Å². The highest BCUT2D eigenvalue weighted by Crippen LogP contribution is 2.40. The number of benzene rings is 1. The van der Waals surface area contributed by atoms with Gasteiger partial charge in [0, 0.05) is 19.5 Å². The summed E-state index contributed by atoms with van der Waals surface area (Å²) in [5, 5.41) is 4.76. The van der Waals surface area contributed by atoms with Crippen molar-refractivity contribution in [2.75, 3.05) is 21.3 Å². The Morgan fingerprint density at radius 1 is 1.14 bits per heavy atom. The van der Waals surface area contributed by atoms with Crippen molar-refractivity contribution in [3.8, 4) is 17.2 Å². The Balaban J connectivity index is 1.77. The summed E-state index contributed by atoms with van der Waals surface area (Å²) in [4.78, 5) is 17.7. The first-order valence-corrected chi connectivity index (χ1v) is 9.28. The standard InChI is InChI=1S/C20H24N4O4/c1-23-19-14(11-21-23)20(25)24-7-5-6-13(18(24)22-19)8-12-9-15(26-2)17(28-4)16(10-12)27-3/h9-11,13H,5-8H2,1-4H3. The molecule has 1 aromatic carbocycles. The SMILES string of the molecule is COc1cc(CC2CCCn3c2nc2c(cnn2C)c3=O)cc(OC)c1OC. The maximum absolute atomic E-state index is 12.9. The molecule has 1 aliphatic heterocycles. The average Bonchev–Trinajstić information content (AvgIpc) is 3.09. The quantitative estimate of drug-likeness (QED) is 0.671. The predicted molar refractivity (Wildman–Crippen MR) is 105 cm³/mol. The van der Waals surface area contributed by atoms with E-state index in [9.17, 15) is 4.79 Å². The number of nitrogens with zero attached hydrogens (tertiary/aromatic N) is 4. The molecule has 0 fully saturated rings. The van der Waals surface area contributed by atoms with Gasteiger partial charge in [0.25, 0.3) is 5.56 Å². The normalized spacial score (nSPS) is 16.1. The second kappa shape index (κ2) is 7.18. The van der Waals surface area contributed by atoms with Crippen molar-refractivity contribution in [3.05, 3.63) is 40.1 Å². The minimum atomic E-state index is -0.0114. The fourth-order valence-electron chi connectivity index (χ4n) is 4.02. The Labute approximate surface area is 162 Å². The van der Waals surface area contributed by atoms with Crippen LogP contribution in [0, 0.1) is 0 Å². The molecule has 1 atom stereocenters. The van der Waals surface area contributed by atoms with E-state index in [4.69, 9.17) is 19.2 Å². The molecule has 0 radical (unpaired) electrons. The van der Waals surface area contributed by atoms with Crippen LogP contribution < -0.4 is 19.8 Å². The van der Waals surface area contributed by atoms with Gasteiger partial charge in [-0.2, -0.15) is 5.10 Å². The van der Waals surface area contributed by atoms with Crippen molar-refractivity contribution in [1.82, 2.24) is 19.3 Å². The van der Waals surface area contributed by atoms with Crippen molar-refractivity contribution < 1.29 is 14.2 Å². The van der Waals surface area contributed by atoms with Crippen LogP contribution >= 0.6 is 0 Å². The van der Waals surface area contributed by atoms with Crippen molar-refractivity contribution in [1.29, 1.82) is 0 Å². The second-order valence-electron chi connectivity index (χ2n) is 7.01. The van der Waals surface area contributed by atoms with Crippen LogP contribution in [0.2, 0.25) is 0 Å². The molecule has 3 aromatic rings.